The van der Waals surface area contributed by atoms with Crippen molar-refractivity contribution in [2.75, 3.05) is 0 Å². The fraction of sp³-hybridized carbons (Fsp3) is 0.294. The molecule has 0 atom stereocenters. The van der Waals surface area contributed by atoms with Crippen LogP contribution in [-0.2, 0) is 46.1 Å². The van der Waals surface area contributed by atoms with Crippen LogP contribution in [0.1, 0.15) is 61.1 Å². The highest BCUT2D eigenvalue weighted by atomic mass is 16.9. The van der Waals surface area contributed by atoms with Crippen LogP contribution in [0.4, 0.5) is 4.79 Å². The number of nitrogens with zero attached hydrogens (tertiary/aromatic N) is 7. The van der Waals surface area contributed by atoms with Crippen LogP contribution in [0.5, 0.6) is 0 Å². The van der Waals surface area contributed by atoms with Crippen molar-refractivity contribution in [3.8, 4) is 22.5 Å². The van der Waals surface area contributed by atoms with Crippen LogP contribution >= 0.6 is 0 Å². The second-order valence-electron chi connectivity index (χ2n) is 11.5. The minimum absolute atomic E-state index is 0.0490. The maximum absolute atomic E-state index is 12.7. The minimum Gasteiger partial charge on any atom is -0.483 e. The number of ether oxygens (including phenoxy) is 1. The summed E-state index contributed by atoms with van der Waals surface area (Å²) in [6.07, 6.45) is 0.972. The maximum Gasteiger partial charge on any atom is 0.454 e. The third kappa shape index (κ3) is 9.32. The first-order chi connectivity index (χ1) is 23.4. The van der Waals surface area contributed by atoms with Gasteiger partial charge in [-0.25, -0.2) is 9.78 Å². The highest BCUT2D eigenvalue weighted by Gasteiger charge is 2.25. The lowest BCUT2D eigenvalue weighted by Crippen LogP contribution is -2.18. The molecule has 2 heterocycles. The highest BCUT2D eigenvalue weighted by Crippen LogP contribution is 2.31. The summed E-state index contributed by atoms with van der Waals surface area (Å²) in [5.41, 5.74) is 5.52. The summed E-state index contributed by atoms with van der Waals surface area (Å²) in [5, 5.41) is 39.3. The van der Waals surface area contributed by atoms with Gasteiger partial charge < -0.3 is 24.4 Å². The summed E-state index contributed by atoms with van der Waals surface area (Å²) in [6.45, 7) is 7.79. The molecule has 3 aromatic carbocycles. The van der Waals surface area contributed by atoms with Gasteiger partial charge in [-0.1, -0.05) is 84.5 Å². The van der Waals surface area contributed by atoms with E-state index in [-0.39, 0.29) is 25.5 Å². The number of imidazole rings is 1. The SMILES string of the molecule is CCCc1nc(C(C)(C)O)c(C)n1Cc1ccc(-c2ccccc2-c2nnn(C(=O)OCc3ccc(CO[N+](=O)[O-])cc3)n2)cc1.O=CO. The Morgan fingerprint density at radius 1 is 0.980 bits per heavy atom. The van der Waals surface area contributed by atoms with Crippen LogP contribution in [0.15, 0.2) is 72.8 Å². The van der Waals surface area contributed by atoms with Crippen LogP contribution in [-0.4, -0.2) is 57.6 Å². The number of aliphatic hydroxyl groups is 1. The van der Waals surface area contributed by atoms with Crippen LogP contribution in [0.3, 0.4) is 0 Å². The Balaban J connectivity index is 0.00000174. The van der Waals surface area contributed by atoms with Crippen LogP contribution in [0.25, 0.3) is 22.5 Å². The normalized spacial score (nSPS) is 11.0. The van der Waals surface area contributed by atoms with Gasteiger partial charge in [0, 0.05) is 24.2 Å². The van der Waals surface area contributed by atoms with Crippen molar-refractivity contribution in [2.24, 2.45) is 0 Å². The number of carbonyl (C=O) groups excluding carboxylic acids is 1. The average Bonchev–Trinajstić information content (AvgIpc) is 3.69. The van der Waals surface area contributed by atoms with Gasteiger partial charge in [0.25, 0.3) is 11.6 Å². The number of carbonyl (C=O) groups is 2. The summed E-state index contributed by atoms with van der Waals surface area (Å²) in [7, 11) is 0. The quantitative estimate of drug-likeness (QED) is 0.0983. The van der Waals surface area contributed by atoms with E-state index >= 15 is 0 Å². The molecule has 256 valence electrons. The molecule has 0 unspecified atom stereocenters. The van der Waals surface area contributed by atoms with Gasteiger partial charge in [-0.15, -0.1) is 20.3 Å². The topological polar surface area (TPSA) is 198 Å². The van der Waals surface area contributed by atoms with E-state index in [0.717, 1.165) is 45.8 Å². The second kappa shape index (κ2) is 16.2. The number of hydrogen-bond donors (Lipinski definition) is 2. The molecule has 2 aromatic heterocycles. The molecule has 0 saturated carbocycles. The van der Waals surface area contributed by atoms with Gasteiger partial charge in [0.1, 0.15) is 24.6 Å². The first kappa shape index (κ1) is 35.9. The largest absolute Gasteiger partial charge is 0.483 e. The van der Waals surface area contributed by atoms with E-state index in [9.17, 15) is 20.0 Å². The summed E-state index contributed by atoms with van der Waals surface area (Å²) < 4.78 is 7.50. The molecule has 0 aliphatic heterocycles. The smallest absolute Gasteiger partial charge is 0.454 e. The van der Waals surface area contributed by atoms with Gasteiger partial charge in [-0.2, -0.15) is 0 Å². The molecule has 5 rings (SSSR count). The molecule has 2 N–H and O–H groups in total. The zero-order chi connectivity index (χ0) is 35.6. The van der Waals surface area contributed by atoms with Crippen molar-refractivity contribution in [3.63, 3.8) is 0 Å². The van der Waals surface area contributed by atoms with E-state index < -0.39 is 16.8 Å². The van der Waals surface area contributed by atoms with Crippen molar-refractivity contribution in [1.82, 2.24) is 29.8 Å². The Labute approximate surface area is 281 Å². The van der Waals surface area contributed by atoms with E-state index in [1.807, 2.05) is 43.3 Å². The summed E-state index contributed by atoms with van der Waals surface area (Å²) in [4.78, 5) is 41.3. The first-order valence-electron chi connectivity index (χ1n) is 15.3. The Morgan fingerprint density at radius 3 is 2.16 bits per heavy atom. The number of hydrogen-bond acceptors (Lipinski definition) is 11. The van der Waals surface area contributed by atoms with Crippen LogP contribution < -0.4 is 0 Å². The molecule has 15 nitrogen and oxygen atoms in total. The number of aryl methyl sites for hydroxylation is 1. The first-order valence-corrected chi connectivity index (χ1v) is 15.3. The Hall–Kier alpha value is -5.96. The van der Waals surface area contributed by atoms with Crippen molar-refractivity contribution < 1.29 is 34.5 Å². The van der Waals surface area contributed by atoms with E-state index in [0.29, 0.717) is 28.9 Å². The van der Waals surface area contributed by atoms with Crippen LogP contribution in [0, 0.1) is 17.0 Å². The van der Waals surface area contributed by atoms with Gasteiger partial charge in [0.05, 0.1) is 5.69 Å². The third-order valence-corrected chi connectivity index (χ3v) is 7.43. The van der Waals surface area contributed by atoms with Gasteiger partial charge in [0.2, 0.25) is 5.82 Å². The Morgan fingerprint density at radius 2 is 1.57 bits per heavy atom. The number of aromatic nitrogens is 6. The molecule has 5 aromatic rings. The summed E-state index contributed by atoms with van der Waals surface area (Å²) in [5.74, 6) is 1.22. The number of tetrazole rings is 1. The fourth-order valence-corrected chi connectivity index (χ4v) is 5.16. The van der Waals surface area contributed by atoms with Gasteiger partial charge in [-0.3, -0.25) is 4.79 Å². The molecule has 15 heteroatoms. The van der Waals surface area contributed by atoms with Gasteiger partial charge >= 0.3 is 6.09 Å². The second-order valence-corrected chi connectivity index (χ2v) is 11.5. The van der Waals surface area contributed by atoms with Gasteiger partial charge in [-0.05, 0) is 60.2 Å². The number of benzene rings is 3. The zero-order valence-corrected chi connectivity index (χ0v) is 27.5. The van der Waals surface area contributed by atoms with Crippen molar-refractivity contribution >= 4 is 12.6 Å². The number of rotatable bonds is 12. The molecule has 0 aliphatic carbocycles. The zero-order valence-electron chi connectivity index (χ0n) is 27.5. The molecule has 0 amide bonds. The summed E-state index contributed by atoms with van der Waals surface area (Å²) >= 11 is 0. The van der Waals surface area contributed by atoms with Crippen molar-refractivity contribution in [1.29, 1.82) is 0 Å². The standard InChI is InChI=1S/C33H35N7O6.CH2O2/c1-5-8-29-34-30(33(3,4)42)22(2)38(29)19-23-15-17-26(18-16-23)27-9-6-7-10-28(27)31-35-37-39(36-31)32(41)45-20-24-11-13-25(14-12-24)21-46-40(43)44;2-1-3/h6-7,9-18,42H,5,8,19-21H2,1-4H3;1H,(H,2,3). The molecule has 0 saturated heterocycles. The third-order valence-electron chi connectivity index (χ3n) is 7.43. The predicted molar refractivity (Wildman–Crippen MR) is 176 cm³/mol. The lowest BCUT2D eigenvalue weighted by molar-refractivity contribution is -0.763. The molecule has 0 bridgehead atoms. The van der Waals surface area contributed by atoms with Crippen molar-refractivity contribution in [2.45, 2.75) is 65.9 Å². The average molecular weight is 672 g/mol. The molecule has 0 aliphatic rings. The highest BCUT2D eigenvalue weighted by molar-refractivity contribution is 5.80. The van der Waals surface area contributed by atoms with E-state index in [1.54, 1.807) is 38.1 Å². The minimum atomic E-state index is -1.02. The molecular formula is C34H37N7O8. The predicted octanol–water partition coefficient (Wildman–Crippen LogP) is 5.33. The Kier molecular flexibility index (Phi) is 11.9. The Bertz CT molecular complexity index is 1880. The van der Waals surface area contributed by atoms with E-state index in [1.165, 1.54) is 0 Å². The van der Waals surface area contributed by atoms with Gasteiger partial charge in [0.15, 0.2) is 0 Å². The molecule has 0 spiro atoms. The fourth-order valence-electron chi connectivity index (χ4n) is 5.16. The summed E-state index contributed by atoms with van der Waals surface area (Å²) in [6, 6.07) is 22.5. The van der Waals surface area contributed by atoms with Crippen molar-refractivity contribution in [3.05, 3.63) is 117 Å². The van der Waals surface area contributed by atoms with E-state index in [4.69, 9.17) is 19.6 Å². The molecule has 0 fully saturated rings. The van der Waals surface area contributed by atoms with E-state index in [2.05, 4.69) is 43.9 Å². The molecule has 0 radical (unpaired) electrons. The number of carboxylic acid groups (broad SMARTS) is 1. The monoisotopic (exact) mass is 671 g/mol. The van der Waals surface area contributed by atoms with Crippen LogP contribution in [0.2, 0.25) is 0 Å². The maximum atomic E-state index is 12.7. The lowest BCUT2D eigenvalue weighted by atomic mass is 9.98. The molecular weight excluding hydrogens is 634 g/mol. The lowest BCUT2D eigenvalue weighted by Gasteiger charge is -2.16. The molecule has 49 heavy (non-hydrogen) atoms.